The molecule has 1 heterocycles. The van der Waals surface area contributed by atoms with Crippen LogP contribution in [0.5, 0.6) is 0 Å². The number of imide groups is 1. The number of amides is 3. The van der Waals surface area contributed by atoms with Crippen molar-refractivity contribution in [2.75, 3.05) is 6.54 Å². The Balaban J connectivity index is 1.64. The molecule has 0 radical (unpaired) electrons. The number of nitrogens with one attached hydrogen (secondary N) is 2. The Labute approximate surface area is 190 Å². The van der Waals surface area contributed by atoms with Gasteiger partial charge in [0.1, 0.15) is 12.1 Å². The van der Waals surface area contributed by atoms with Gasteiger partial charge in [-0.15, -0.1) is 0 Å². The van der Waals surface area contributed by atoms with E-state index >= 15 is 0 Å². The summed E-state index contributed by atoms with van der Waals surface area (Å²) in [6.45, 7) is 1.54. The van der Waals surface area contributed by atoms with Gasteiger partial charge in [0, 0.05) is 11.6 Å². The first-order chi connectivity index (χ1) is 15.1. The van der Waals surface area contributed by atoms with Crippen LogP contribution in [0.3, 0.4) is 0 Å². The van der Waals surface area contributed by atoms with E-state index in [0.29, 0.717) is 5.02 Å². The summed E-state index contributed by atoms with van der Waals surface area (Å²) in [5, 5.41) is 12.5. The Bertz CT molecular complexity index is 1120. The highest BCUT2D eigenvalue weighted by molar-refractivity contribution is 7.89. The summed E-state index contributed by atoms with van der Waals surface area (Å²) < 4.78 is 27.6. The zero-order valence-corrected chi connectivity index (χ0v) is 18.7. The van der Waals surface area contributed by atoms with Crippen molar-refractivity contribution in [3.63, 3.8) is 0 Å². The van der Waals surface area contributed by atoms with Gasteiger partial charge in [-0.05, 0) is 55.2 Å². The molecule has 2 atom stereocenters. The maximum absolute atomic E-state index is 12.7. The molecule has 1 saturated heterocycles. The highest BCUT2D eigenvalue weighted by Gasteiger charge is 2.35. The third kappa shape index (κ3) is 5.45. The largest absolute Gasteiger partial charge is 0.480 e. The number of urea groups is 1. The highest BCUT2D eigenvalue weighted by atomic mass is 35.5. The third-order valence-electron chi connectivity index (χ3n) is 5.03. The van der Waals surface area contributed by atoms with Crippen LogP contribution in [0.1, 0.15) is 19.8 Å². The van der Waals surface area contributed by atoms with E-state index in [9.17, 15) is 27.9 Å². The smallest absolute Gasteiger partial charge is 0.324 e. The third-order valence-corrected chi connectivity index (χ3v) is 6.77. The fourth-order valence-corrected chi connectivity index (χ4v) is 4.63. The molecule has 1 aliphatic rings. The minimum atomic E-state index is -4.10. The number of nitrogens with zero attached hydrogens (tertiary/aromatic N) is 1. The second kappa shape index (κ2) is 9.68. The van der Waals surface area contributed by atoms with Crippen molar-refractivity contribution in [2.45, 2.75) is 36.7 Å². The maximum atomic E-state index is 12.7. The minimum Gasteiger partial charge on any atom is -0.480 e. The highest BCUT2D eigenvalue weighted by Crippen LogP contribution is 2.23. The van der Waals surface area contributed by atoms with Crippen LogP contribution in [-0.4, -0.2) is 55.0 Å². The van der Waals surface area contributed by atoms with Crippen molar-refractivity contribution in [3.8, 4) is 11.1 Å². The topological polar surface area (TPSA) is 133 Å². The molecular weight excluding hydrogens is 458 g/mol. The van der Waals surface area contributed by atoms with E-state index in [0.717, 1.165) is 16.0 Å². The van der Waals surface area contributed by atoms with Crippen molar-refractivity contribution >= 4 is 39.5 Å². The normalized spacial score (nSPS) is 17.3. The van der Waals surface area contributed by atoms with E-state index in [2.05, 4.69) is 10.0 Å². The summed E-state index contributed by atoms with van der Waals surface area (Å²) >= 11 is 5.88. The van der Waals surface area contributed by atoms with Crippen LogP contribution in [0.25, 0.3) is 11.1 Å². The molecule has 1 fully saturated rings. The van der Waals surface area contributed by atoms with E-state index in [4.69, 9.17) is 11.6 Å². The number of hydrogen-bond acceptors (Lipinski definition) is 5. The lowest BCUT2D eigenvalue weighted by Crippen LogP contribution is -2.41. The van der Waals surface area contributed by atoms with E-state index < -0.39 is 40.0 Å². The fraction of sp³-hybridized carbons (Fsp3) is 0.286. The summed E-state index contributed by atoms with van der Waals surface area (Å²) in [7, 11) is -4.10. The number of rotatable bonds is 9. The number of hydrogen-bond donors (Lipinski definition) is 3. The SMILES string of the molecule is C[C@@H]1NC(=O)N(CCC[C@H](NS(=O)(=O)c2ccc(-c3ccc(Cl)cc3)cc2)C(=O)O)C1=O. The molecular formula is C21H22ClN3O6S. The Morgan fingerprint density at radius 1 is 1.12 bits per heavy atom. The summed E-state index contributed by atoms with van der Waals surface area (Å²) in [5.41, 5.74) is 1.63. The Hall–Kier alpha value is -2.95. The number of benzene rings is 2. The lowest BCUT2D eigenvalue weighted by molar-refractivity contribution is -0.139. The van der Waals surface area contributed by atoms with Crippen molar-refractivity contribution in [3.05, 3.63) is 53.6 Å². The van der Waals surface area contributed by atoms with Crippen LogP contribution >= 0.6 is 11.6 Å². The van der Waals surface area contributed by atoms with Gasteiger partial charge in [-0.2, -0.15) is 4.72 Å². The van der Waals surface area contributed by atoms with Gasteiger partial charge < -0.3 is 10.4 Å². The number of carbonyl (C=O) groups excluding carboxylic acids is 2. The first kappa shape index (κ1) is 23.7. The Kier molecular flexibility index (Phi) is 7.17. The Morgan fingerprint density at radius 2 is 1.69 bits per heavy atom. The van der Waals surface area contributed by atoms with Crippen molar-refractivity contribution in [1.82, 2.24) is 14.9 Å². The first-order valence-electron chi connectivity index (χ1n) is 9.81. The average molecular weight is 480 g/mol. The molecule has 170 valence electrons. The molecule has 3 N–H and O–H groups in total. The molecule has 0 spiro atoms. The number of aliphatic carboxylic acids is 1. The zero-order valence-electron chi connectivity index (χ0n) is 17.1. The molecule has 0 bridgehead atoms. The molecule has 0 aromatic heterocycles. The average Bonchev–Trinajstić information content (AvgIpc) is 2.99. The molecule has 32 heavy (non-hydrogen) atoms. The van der Waals surface area contributed by atoms with Crippen LogP contribution in [0.4, 0.5) is 4.79 Å². The second-order valence-electron chi connectivity index (χ2n) is 7.35. The number of halogens is 1. The number of carbonyl (C=O) groups is 3. The Morgan fingerprint density at radius 3 is 2.19 bits per heavy atom. The zero-order chi connectivity index (χ0) is 23.5. The minimum absolute atomic E-state index is 0.00367. The van der Waals surface area contributed by atoms with Gasteiger partial charge in [0.2, 0.25) is 10.0 Å². The predicted octanol–water partition coefficient (Wildman–Crippen LogP) is 2.46. The summed E-state index contributed by atoms with van der Waals surface area (Å²) in [6, 6.07) is 10.5. The standard InChI is InChI=1S/C21H22ClN3O6S/c1-13-19(26)25(21(29)23-13)12-2-3-18(20(27)28)24-32(30,31)17-10-6-15(7-11-17)14-4-8-16(22)9-5-14/h4-11,13,18,24H,2-3,12H2,1H3,(H,23,29)(H,27,28)/t13-,18-/m0/s1. The molecule has 2 aromatic rings. The molecule has 3 amide bonds. The van der Waals surface area contributed by atoms with Crippen molar-refractivity contribution in [1.29, 1.82) is 0 Å². The van der Waals surface area contributed by atoms with Gasteiger partial charge in [-0.25, -0.2) is 13.2 Å². The van der Waals surface area contributed by atoms with Crippen molar-refractivity contribution in [2.24, 2.45) is 0 Å². The van der Waals surface area contributed by atoms with Crippen LogP contribution < -0.4 is 10.0 Å². The number of sulfonamides is 1. The van der Waals surface area contributed by atoms with Crippen LogP contribution in [-0.2, 0) is 19.6 Å². The van der Waals surface area contributed by atoms with E-state index in [1.165, 1.54) is 12.1 Å². The quantitative estimate of drug-likeness (QED) is 0.473. The molecule has 2 aromatic carbocycles. The molecule has 0 saturated carbocycles. The molecule has 0 unspecified atom stereocenters. The van der Waals surface area contributed by atoms with Gasteiger partial charge in [0.25, 0.3) is 5.91 Å². The van der Waals surface area contributed by atoms with E-state index in [1.54, 1.807) is 43.3 Å². The number of carboxylic acid groups (broad SMARTS) is 1. The number of carboxylic acids is 1. The van der Waals surface area contributed by atoms with Gasteiger partial charge in [-0.3, -0.25) is 14.5 Å². The van der Waals surface area contributed by atoms with E-state index in [1.807, 2.05) is 0 Å². The summed E-state index contributed by atoms with van der Waals surface area (Å²) in [4.78, 5) is 36.1. The fourth-order valence-electron chi connectivity index (χ4n) is 3.28. The van der Waals surface area contributed by atoms with Crippen LogP contribution in [0.2, 0.25) is 5.02 Å². The molecule has 11 heteroatoms. The molecule has 1 aliphatic heterocycles. The lowest BCUT2D eigenvalue weighted by atomic mass is 10.1. The molecule has 0 aliphatic carbocycles. The van der Waals surface area contributed by atoms with Crippen LogP contribution in [0, 0.1) is 0 Å². The first-order valence-corrected chi connectivity index (χ1v) is 11.7. The van der Waals surface area contributed by atoms with Crippen LogP contribution in [0.15, 0.2) is 53.4 Å². The van der Waals surface area contributed by atoms with E-state index in [-0.39, 0.29) is 24.3 Å². The monoisotopic (exact) mass is 479 g/mol. The summed E-state index contributed by atoms with van der Waals surface area (Å²) in [6.07, 6.45) is 0.0315. The molecule has 3 rings (SSSR count). The van der Waals surface area contributed by atoms with Gasteiger partial charge in [-0.1, -0.05) is 35.9 Å². The summed E-state index contributed by atoms with van der Waals surface area (Å²) in [5.74, 6) is -1.75. The molecule has 9 nitrogen and oxygen atoms in total. The van der Waals surface area contributed by atoms with Gasteiger partial charge in [0.15, 0.2) is 0 Å². The maximum Gasteiger partial charge on any atom is 0.324 e. The van der Waals surface area contributed by atoms with Gasteiger partial charge in [0.05, 0.1) is 4.90 Å². The lowest BCUT2D eigenvalue weighted by Gasteiger charge is -2.17. The second-order valence-corrected chi connectivity index (χ2v) is 9.50. The van der Waals surface area contributed by atoms with Gasteiger partial charge >= 0.3 is 12.0 Å². The predicted molar refractivity (Wildman–Crippen MR) is 118 cm³/mol. The van der Waals surface area contributed by atoms with Crippen molar-refractivity contribution < 1.29 is 27.9 Å².